The van der Waals surface area contributed by atoms with Gasteiger partial charge in [0.25, 0.3) is 0 Å². The minimum absolute atomic E-state index is 0.0792. The third-order valence-corrected chi connectivity index (χ3v) is 7.11. The van der Waals surface area contributed by atoms with Gasteiger partial charge in [0.15, 0.2) is 0 Å². The summed E-state index contributed by atoms with van der Waals surface area (Å²) in [5.74, 6) is 0.0465. The van der Waals surface area contributed by atoms with Gasteiger partial charge in [-0.3, -0.25) is 0 Å². The van der Waals surface area contributed by atoms with E-state index in [2.05, 4.69) is 5.32 Å². The second-order valence-electron chi connectivity index (χ2n) is 6.89. The molecule has 1 atom stereocenters. The number of benzene rings is 1. The monoisotopic (exact) mass is 366 g/mol. The molecular formula is C18H26N2O4S. The molecule has 0 radical (unpaired) electrons. The van der Waals surface area contributed by atoms with Gasteiger partial charge < -0.3 is 10.1 Å². The quantitative estimate of drug-likeness (QED) is 0.804. The van der Waals surface area contributed by atoms with Crippen LogP contribution in [-0.2, 0) is 20.5 Å². The molecule has 2 aliphatic rings. The van der Waals surface area contributed by atoms with Gasteiger partial charge in [0.05, 0.1) is 18.4 Å². The number of nitrogens with one attached hydrogen (secondary N) is 1. The first-order chi connectivity index (χ1) is 12.0. The van der Waals surface area contributed by atoms with Crippen molar-refractivity contribution in [3.8, 4) is 0 Å². The van der Waals surface area contributed by atoms with Crippen LogP contribution < -0.4 is 5.32 Å². The number of sulfonamides is 1. The number of esters is 1. The van der Waals surface area contributed by atoms with Gasteiger partial charge in [-0.1, -0.05) is 12.1 Å². The highest BCUT2D eigenvalue weighted by Gasteiger charge is 2.32. The summed E-state index contributed by atoms with van der Waals surface area (Å²) in [5, 5.41) is 3.53. The molecule has 7 heteroatoms. The number of hydrogen-bond donors (Lipinski definition) is 1. The summed E-state index contributed by atoms with van der Waals surface area (Å²) in [7, 11) is -2.06. The summed E-state index contributed by atoms with van der Waals surface area (Å²) in [6.45, 7) is 2.25. The molecule has 0 saturated carbocycles. The summed E-state index contributed by atoms with van der Waals surface area (Å²) < 4.78 is 31.7. The Labute approximate surface area is 149 Å². The molecule has 6 nitrogen and oxygen atoms in total. The van der Waals surface area contributed by atoms with Crippen LogP contribution >= 0.6 is 0 Å². The van der Waals surface area contributed by atoms with Crippen molar-refractivity contribution in [1.82, 2.24) is 9.62 Å². The van der Waals surface area contributed by atoms with Gasteiger partial charge >= 0.3 is 5.97 Å². The maximum absolute atomic E-state index is 12.7. The van der Waals surface area contributed by atoms with Gasteiger partial charge in [-0.05, 0) is 55.8 Å². The van der Waals surface area contributed by atoms with Crippen LogP contribution in [0.25, 0.3) is 0 Å². The van der Waals surface area contributed by atoms with Crippen molar-refractivity contribution in [2.75, 3.05) is 26.7 Å². The Bertz CT molecular complexity index is 706. The topological polar surface area (TPSA) is 75.7 Å². The van der Waals surface area contributed by atoms with E-state index < -0.39 is 16.0 Å². The molecule has 0 amide bonds. The third kappa shape index (κ3) is 4.40. The normalized spacial score (nSPS) is 22.8. The number of hydrogen-bond acceptors (Lipinski definition) is 5. The third-order valence-electron chi connectivity index (χ3n) is 5.26. The lowest BCUT2D eigenvalue weighted by molar-refractivity contribution is 0.0600. The van der Waals surface area contributed by atoms with Crippen molar-refractivity contribution in [2.24, 2.45) is 5.92 Å². The van der Waals surface area contributed by atoms with Crippen LogP contribution in [-0.4, -0.2) is 51.5 Å². The fourth-order valence-corrected chi connectivity index (χ4v) is 5.43. The molecule has 0 aliphatic carbocycles. The SMILES string of the molecule is COC(=O)c1cccc(CS(=O)(=O)N2CCC(C3CCCN3)CC2)c1. The number of ether oxygens (including phenoxy) is 1. The molecule has 2 aliphatic heterocycles. The minimum atomic E-state index is -3.37. The van der Waals surface area contributed by atoms with E-state index in [4.69, 9.17) is 4.74 Å². The predicted octanol–water partition coefficient (Wildman–Crippen LogP) is 1.77. The van der Waals surface area contributed by atoms with Crippen molar-refractivity contribution in [1.29, 1.82) is 0 Å². The maximum atomic E-state index is 12.7. The van der Waals surface area contributed by atoms with Crippen LogP contribution in [0.3, 0.4) is 0 Å². The Morgan fingerprint density at radius 1 is 1.28 bits per heavy atom. The van der Waals surface area contributed by atoms with Crippen LogP contribution in [0.15, 0.2) is 24.3 Å². The molecule has 2 saturated heterocycles. The van der Waals surface area contributed by atoms with Gasteiger partial charge in [-0.15, -0.1) is 0 Å². The van der Waals surface area contributed by atoms with Crippen molar-refractivity contribution >= 4 is 16.0 Å². The van der Waals surface area contributed by atoms with Crippen molar-refractivity contribution in [3.05, 3.63) is 35.4 Å². The van der Waals surface area contributed by atoms with E-state index in [0.29, 0.717) is 36.2 Å². The highest BCUT2D eigenvalue weighted by atomic mass is 32.2. The van der Waals surface area contributed by atoms with E-state index in [1.807, 2.05) is 0 Å². The van der Waals surface area contributed by atoms with Crippen LogP contribution in [0.2, 0.25) is 0 Å². The zero-order valence-electron chi connectivity index (χ0n) is 14.6. The predicted molar refractivity (Wildman–Crippen MR) is 95.7 cm³/mol. The van der Waals surface area contributed by atoms with Crippen LogP contribution in [0.1, 0.15) is 41.6 Å². The van der Waals surface area contributed by atoms with E-state index in [-0.39, 0.29) is 5.75 Å². The highest BCUT2D eigenvalue weighted by Crippen LogP contribution is 2.27. The number of piperidine rings is 1. The second kappa shape index (κ2) is 7.85. The zero-order chi connectivity index (χ0) is 17.9. The van der Waals surface area contributed by atoms with Crippen LogP contribution in [0, 0.1) is 5.92 Å². The van der Waals surface area contributed by atoms with Gasteiger partial charge in [0.2, 0.25) is 10.0 Å². The summed E-state index contributed by atoms with van der Waals surface area (Å²) in [6.07, 6.45) is 4.26. The number of rotatable bonds is 5. The van der Waals surface area contributed by atoms with E-state index in [1.165, 1.54) is 20.0 Å². The fourth-order valence-electron chi connectivity index (χ4n) is 3.88. The Morgan fingerprint density at radius 3 is 2.68 bits per heavy atom. The maximum Gasteiger partial charge on any atom is 0.337 e. The number of carbonyl (C=O) groups excluding carboxylic acids is 1. The largest absolute Gasteiger partial charge is 0.465 e. The second-order valence-corrected chi connectivity index (χ2v) is 8.86. The Balaban J connectivity index is 1.61. The molecule has 1 unspecified atom stereocenters. The number of carbonyl (C=O) groups is 1. The van der Waals surface area contributed by atoms with Gasteiger partial charge in [0, 0.05) is 19.1 Å². The van der Waals surface area contributed by atoms with E-state index >= 15 is 0 Å². The van der Waals surface area contributed by atoms with Gasteiger partial charge in [0.1, 0.15) is 0 Å². The Hall–Kier alpha value is -1.44. The lowest BCUT2D eigenvalue weighted by atomic mass is 9.89. The fraction of sp³-hybridized carbons (Fsp3) is 0.611. The van der Waals surface area contributed by atoms with Crippen molar-refractivity contribution in [2.45, 2.75) is 37.5 Å². The van der Waals surface area contributed by atoms with E-state index in [1.54, 1.807) is 28.6 Å². The molecule has 1 aromatic carbocycles. The molecule has 2 fully saturated rings. The molecule has 3 rings (SSSR count). The summed E-state index contributed by atoms with van der Waals surface area (Å²) in [5.41, 5.74) is 0.990. The van der Waals surface area contributed by atoms with Crippen LogP contribution in [0.4, 0.5) is 0 Å². The zero-order valence-corrected chi connectivity index (χ0v) is 15.4. The first-order valence-corrected chi connectivity index (χ1v) is 10.5. The van der Waals surface area contributed by atoms with Crippen LogP contribution in [0.5, 0.6) is 0 Å². The molecule has 25 heavy (non-hydrogen) atoms. The first-order valence-electron chi connectivity index (χ1n) is 8.88. The first kappa shape index (κ1) is 18.4. The van der Waals surface area contributed by atoms with Gasteiger partial charge in [-0.25, -0.2) is 17.5 Å². The van der Waals surface area contributed by atoms with E-state index in [9.17, 15) is 13.2 Å². The average Bonchev–Trinajstić information content (AvgIpc) is 3.15. The average molecular weight is 366 g/mol. The molecule has 2 heterocycles. The summed E-state index contributed by atoms with van der Waals surface area (Å²) >= 11 is 0. The Kier molecular flexibility index (Phi) is 5.76. The summed E-state index contributed by atoms with van der Waals surface area (Å²) in [4.78, 5) is 11.6. The van der Waals surface area contributed by atoms with Crippen molar-refractivity contribution < 1.29 is 17.9 Å². The molecule has 0 bridgehead atoms. The molecule has 1 aromatic rings. The minimum Gasteiger partial charge on any atom is -0.465 e. The molecular weight excluding hydrogens is 340 g/mol. The van der Waals surface area contributed by atoms with Crippen molar-refractivity contribution in [3.63, 3.8) is 0 Å². The number of nitrogens with zero attached hydrogens (tertiary/aromatic N) is 1. The van der Waals surface area contributed by atoms with E-state index in [0.717, 1.165) is 19.4 Å². The summed E-state index contributed by atoms with van der Waals surface area (Å²) in [6, 6.07) is 7.20. The molecule has 0 aromatic heterocycles. The Morgan fingerprint density at radius 2 is 2.04 bits per heavy atom. The smallest absolute Gasteiger partial charge is 0.337 e. The molecule has 0 spiro atoms. The lowest BCUT2D eigenvalue weighted by Crippen LogP contribution is -2.43. The standard InChI is InChI=1S/C18H26N2O4S/c1-24-18(21)16-5-2-4-14(12-16)13-25(22,23)20-10-7-15(8-11-20)17-6-3-9-19-17/h2,4-5,12,15,17,19H,3,6-11,13H2,1H3. The lowest BCUT2D eigenvalue weighted by Gasteiger charge is -2.34. The molecule has 1 N–H and O–H groups in total. The highest BCUT2D eigenvalue weighted by molar-refractivity contribution is 7.88. The van der Waals surface area contributed by atoms with Gasteiger partial charge in [-0.2, -0.15) is 0 Å². The molecule has 138 valence electrons. The number of methoxy groups -OCH3 is 1.